The first-order valence-corrected chi connectivity index (χ1v) is 10.0. The summed E-state index contributed by atoms with van der Waals surface area (Å²) in [6.07, 6.45) is 6.40. The fourth-order valence-corrected chi connectivity index (χ4v) is 3.84. The van der Waals surface area contributed by atoms with Gasteiger partial charge in [0.15, 0.2) is 0 Å². The molecule has 2 aliphatic heterocycles. The number of hydrogen-bond donors (Lipinski definition) is 0. The molecule has 1 aromatic carbocycles. The van der Waals surface area contributed by atoms with Gasteiger partial charge in [0.25, 0.3) is 0 Å². The number of amides is 2. The maximum atomic E-state index is 13.0. The van der Waals surface area contributed by atoms with Gasteiger partial charge in [-0.2, -0.15) is 0 Å². The van der Waals surface area contributed by atoms with Crippen molar-refractivity contribution in [2.75, 3.05) is 45.8 Å². The van der Waals surface area contributed by atoms with Crippen LogP contribution in [-0.4, -0.2) is 72.3 Å². The highest BCUT2D eigenvalue weighted by atomic mass is 16.2. The number of nitrogens with zero attached hydrogens (tertiary/aromatic N) is 3. The molecule has 2 heterocycles. The topological polar surface area (TPSA) is 43.9 Å². The first-order valence-electron chi connectivity index (χ1n) is 10.0. The third-order valence-electron chi connectivity index (χ3n) is 5.60. The molecule has 0 radical (unpaired) electrons. The normalized spacial score (nSPS) is 19.0. The fourth-order valence-electron chi connectivity index (χ4n) is 3.84. The minimum absolute atomic E-state index is 0.0155. The molecule has 3 rings (SSSR count). The van der Waals surface area contributed by atoms with E-state index in [4.69, 9.17) is 0 Å². The van der Waals surface area contributed by atoms with E-state index in [0.29, 0.717) is 13.1 Å². The lowest BCUT2D eigenvalue weighted by Gasteiger charge is -2.38. The average Bonchev–Trinajstić information content (AvgIpc) is 3.23. The highest BCUT2D eigenvalue weighted by Crippen LogP contribution is 2.25. The largest absolute Gasteiger partial charge is 0.342 e. The summed E-state index contributed by atoms with van der Waals surface area (Å²) in [5, 5.41) is 0. The molecule has 2 aliphatic rings. The van der Waals surface area contributed by atoms with Gasteiger partial charge in [0.05, 0.1) is 0 Å². The highest BCUT2D eigenvalue weighted by molar-refractivity contribution is 6.04. The van der Waals surface area contributed by atoms with E-state index in [1.807, 2.05) is 28.0 Å². The maximum Gasteiger partial charge on any atom is 0.237 e. The van der Waals surface area contributed by atoms with Crippen LogP contribution >= 0.6 is 0 Å². The molecule has 0 bridgehead atoms. The number of piperazine rings is 1. The molecule has 2 saturated heterocycles. The second-order valence-electron chi connectivity index (χ2n) is 8.03. The molecule has 0 aliphatic carbocycles. The van der Waals surface area contributed by atoms with Crippen LogP contribution in [-0.2, 0) is 9.59 Å². The van der Waals surface area contributed by atoms with Gasteiger partial charge in [-0.3, -0.25) is 14.5 Å². The molecular weight excluding hydrogens is 338 g/mol. The minimum Gasteiger partial charge on any atom is -0.342 e. The van der Waals surface area contributed by atoms with Crippen molar-refractivity contribution >= 4 is 17.9 Å². The van der Waals surface area contributed by atoms with Gasteiger partial charge in [-0.1, -0.05) is 42.5 Å². The zero-order chi connectivity index (χ0) is 19.3. The first-order chi connectivity index (χ1) is 13.0. The number of carbonyl (C=O) groups is 2. The van der Waals surface area contributed by atoms with Crippen LogP contribution in [0.5, 0.6) is 0 Å². The molecule has 0 aromatic heterocycles. The number of carbonyl (C=O) groups excluding carboxylic acids is 2. The van der Waals surface area contributed by atoms with Crippen LogP contribution in [0.25, 0.3) is 6.08 Å². The van der Waals surface area contributed by atoms with E-state index in [-0.39, 0.29) is 11.8 Å². The zero-order valence-corrected chi connectivity index (χ0v) is 16.6. The van der Waals surface area contributed by atoms with Gasteiger partial charge in [-0.25, -0.2) is 0 Å². The van der Waals surface area contributed by atoms with Crippen LogP contribution in [0.4, 0.5) is 0 Å². The van der Waals surface area contributed by atoms with Crippen molar-refractivity contribution in [2.45, 2.75) is 26.7 Å². The predicted octanol–water partition coefficient (Wildman–Crippen LogP) is 2.49. The van der Waals surface area contributed by atoms with E-state index >= 15 is 0 Å². The Morgan fingerprint density at radius 1 is 0.889 bits per heavy atom. The summed E-state index contributed by atoms with van der Waals surface area (Å²) >= 11 is 0. The van der Waals surface area contributed by atoms with Crippen molar-refractivity contribution in [3.63, 3.8) is 0 Å². The van der Waals surface area contributed by atoms with Gasteiger partial charge >= 0.3 is 0 Å². The van der Waals surface area contributed by atoms with Gasteiger partial charge in [-0.15, -0.1) is 0 Å². The van der Waals surface area contributed by atoms with Crippen LogP contribution in [0.3, 0.4) is 0 Å². The number of rotatable bonds is 5. The molecule has 0 N–H and O–H groups in total. The quantitative estimate of drug-likeness (QED) is 0.749. The Balaban J connectivity index is 1.48. The highest BCUT2D eigenvalue weighted by Gasteiger charge is 2.42. The standard InChI is InChI=1S/C22H31N3O2/c1-22(2,20(26)24-13-6-7-14-24)21(27)25-17-15-23(16-18-25)12-8-11-19-9-4-3-5-10-19/h3-5,8-11H,6-7,12-18H2,1-2H3/b11-8+. The van der Waals surface area contributed by atoms with E-state index in [1.54, 1.807) is 13.8 Å². The van der Waals surface area contributed by atoms with Crippen LogP contribution < -0.4 is 0 Å². The van der Waals surface area contributed by atoms with Crippen molar-refractivity contribution in [1.82, 2.24) is 14.7 Å². The van der Waals surface area contributed by atoms with Crippen molar-refractivity contribution < 1.29 is 9.59 Å². The molecule has 0 atom stereocenters. The third-order valence-corrected chi connectivity index (χ3v) is 5.60. The first kappa shape index (κ1) is 19.6. The Kier molecular flexibility index (Phi) is 6.32. The Bertz CT molecular complexity index is 670. The van der Waals surface area contributed by atoms with Crippen molar-refractivity contribution in [2.24, 2.45) is 5.41 Å². The summed E-state index contributed by atoms with van der Waals surface area (Å²) in [4.78, 5) is 31.8. The van der Waals surface area contributed by atoms with E-state index < -0.39 is 5.41 Å². The molecule has 27 heavy (non-hydrogen) atoms. The summed E-state index contributed by atoms with van der Waals surface area (Å²) < 4.78 is 0. The average molecular weight is 370 g/mol. The Morgan fingerprint density at radius 3 is 2.04 bits per heavy atom. The van der Waals surface area contributed by atoms with Gasteiger partial charge < -0.3 is 9.80 Å². The molecule has 2 fully saturated rings. The van der Waals surface area contributed by atoms with Crippen LogP contribution in [0, 0.1) is 5.41 Å². The summed E-state index contributed by atoms with van der Waals surface area (Å²) in [5.74, 6) is -0.0444. The van der Waals surface area contributed by atoms with Gasteiger partial charge in [0, 0.05) is 45.8 Å². The predicted molar refractivity (Wildman–Crippen MR) is 108 cm³/mol. The lowest BCUT2D eigenvalue weighted by molar-refractivity contribution is -0.154. The molecule has 0 unspecified atom stereocenters. The lowest BCUT2D eigenvalue weighted by atomic mass is 9.89. The van der Waals surface area contributed by atoms with Crippen LogP contribution in [0.1, 0.15) is 32.3 Å². The summed E-state index contributed by atoms with van der Waals surface area (Å²) in [6.45, 7) is 9.10. The summed E-state index contributed by atoms with van der Waals surface area (Å²) in [5.41, 5.74) is 0.244. The van der Waals surface area contributed by atoms with Gasteiger partial charge in [0.2, 0.25) is 11.8 Å². The van der Waals surface area contributed by atoms with Crippen molar-refractivity contribution in [1.29, 1.82) is 0 Å². The zero-order valence-electron chi connectivity index (χ0n) is 16.6. The molecule has 0 saturated carbocycles. The second kappa shape index (κ2) is 8.70. The number of benzene rings is 1. The summed E-state index contributed by atoms with van der Waals surface area (Å²) in [7, 11) is 0. The fraction of sp³-hybridized carbons (Fsp3) is 0.545. The number of likely N-dealkylation sites (tertiary alicyclic amines) is 1. The Hall–Kier alpha value is -2.14. The summed E-state index contributed by atoms with van der Waals surface area (Å²) in [6, 6.07) is 10.3. The molecule has 1 aromatic rings. The lowest BCUT2D eigenvalue weighted by Crippen LogP contribution is -2.55. The van der Waals surface area contributed by atoms with E-state index in [9.17, 15) is 9.59 Å². The van der Waals surface area contributed by atoms with Crippen molar-refractivity contribution in [3.05, 3.63) is 42.0 Å². The Morgan fingerprint density at radius 2 is 1.44 bits per heavy atom. The van der Waals surface area contributed by atoms with Crippen molar-refractivity contribution in [3.8, 4) is 0 Å². The molecular formula is C22H31N3O2. The molecule has 146 valence electrons. The van der Waals surface area contributed by atoms with Crippen LogP contribution in [0.2, 0.25) is 0 Å². The molecule has 0 spiro atoms. The monoisotopic (exact) mass is 369 g/mol. The minimum atomic E-state index is -0.959. The van der Waals surface area contributed by atoms with Crippen LogP contribution in [0.15, 0.2) is 36.4 Å². The van der Waals surface area contributed by atoms with Gasteiger partial charge in [0.1, 0.15) is 5.41 Å². The van der Waals surface area contributed by atoms with E-state index in [1.165, 1.54) is 5.56 Å². The molecule has 5 nitrogen and oxygen atoms in total. The second-order valence-corrected chi connectivity index (χ2v) is 8.03. The molecule has 2 amide bonds. The third kappa shape index (κ3) is 4.78. The SMILES string of the molecule is CC(C)(C(=O)N1CCCC1)C(=O)N1CCN(C/C=C/c2ccccc2)CC1. The maximum absolute atomic E-state index is 13.0. The van der Waals surface area contributed by atoms with Gasteiger partial charge in [-0.05, 0) is 32.3 Å². The van der Waals surface area contributed by atoms with E-state index in [2.05, 4.69) is 29.2 Å². The number of hydrogen-bond acceptors (Lipinski definition) is 3. The van der Waals surface area contributed by atoms with E-state index in [0.717, 1.165) is 45.6 Å². The Labute approximate surface area is 162 Å². The smallest absolute Gasteiger partial charge is 0.237 e. The molecule has 5 heteroatoms.